The van der Waals surface area contributed by atoms with Gasteiger partial charge in [0.2, 0.25) is 0 Å². The molecule has 2 aromatic rings. The maximum Gasteiger partial charge on any atom is 0.150 e. The average molecular weight is 399 g/mol. The number of carbonyl (C=O) groups excluding carboxylic acids is 1. The SMILES string of the molecule is O=Cc1ccc(N2CCOCCOCCN(c3ccccc3)CCOCC2)cc1. The number of aldehydes is 1. The number of rotatable bonds is 3. The van der Waals surface area contributed by atoms with Crippen LogP contribution in [0.3, 0.4) is 0 Å². The molecule has 2 aromatic carbocycles. The van der Waals surface area contributed by atoms with Crippen LogP contribution in [0.4, 0.5) is 11.4 Å². The highest BCUT2D eigenvalue weighted by molar-refractivity contribution is 5.75. The third-order valence-electron chi connectivity index (χ3n) is 4.91. The van der Waals surface area contributed by atoms with E-state index < -0.39 is 0 Å². The van der Waals surface area contributed by atoms with Crippen LogP contribution in [-0.2, 0) is 14.2 Å². The van der Waals surface area contributed by atoms with Crippen LogP contribution in [0.1, 0.15) is 10.4 Å². The van der Waals surface area contributed by atoms with Gasteiger partial charge in [0, 0.05) is 43.1 Å². The monoisotopic (exact) mass is 398 g/mol. The quantitative estimate of drug-likeness (QED) is 0.741. The number of benzene rings is 2. The normalized spacial score (nSPS) is 17.9. The largest absolute Gasteiger partial charge is 0.378 e. The second-order valence-electron chi connectivity index (χ2n) is 6.86. The van der Waals surface area contributed by atoms with Crippen molar-refractivity contribution in [3.63, 3.8) is 0 Å². The van der Waals surface area contributed by atoms with Crippen molar-refractivity contribution in [1.29, 1.82) is 0 Å². The molecule has 0 aromatic heterocycles. The maximum atomic E-state index is 10.9. The molecule has 1 saturated heterocycles. The van der Waals surface area contributed by atoms with Crippen LogP contribution in [-0.4, -0.2) is 72.1 Å². The molecule has 0 unspecified atom stereocenters. The lowest BCUT2D eigenvalue weighted by atomic mass is 10.2. The van der Waals surface area contributed by atoms with Crippen LogP contribution in [0, 0.1) is 0 Å². The summed E-state index contributed by atoms with van der Waals surface area (Å²) in [5, 5.41) is 0. The van der Waals surface area contributed by atoms with Crippen molar-refractivity contribution in [2.75, 3.05) is 75.6 Å². The summed E-state index contributed by atoms with van der Waals surface area (Å²) < 4.78 is 17.4. The Bertz CT molecular complexity index is 709. The van der Waals surface area contributed by atoms with Crippen LogP contribution in [0.25, 0.3) is 0 Å². The topological polar surface area (TPSA) is 51.2 Å². The molecule has 1 fully saturated rings. The molecule has 156 valence electrons. The predicted octanol–water partition coefficient (Wildman–Crippen LogP) is 2.88. The molecule has 0 radical (unpaired) electrons. The molecule has 3 rings (SSSR count). The Balaban J connectivity index is 1.59. The Morgan fingerprint density at radius 1 is 0.586 bits per heavy atom. The van der Waals surface area contributed by atoms with E-state index in [2.05, 4.69) is 21.9 Å². The summed E-state index contributed by atoms with van der Waals surface area (Å²) >= 11 is 0. The molecule has 1 heterocycles. The van der Waals surface area contributed by atoms with E-state index >= 15 is 0 Å². The Morgan fingerprint density at radius 2 is 1.03 bits per heavy atom. The van der Waals surface area contributed by atoms with Crippen molar-refractivity contribution < 1.29 is 19.0 Å². The van der Waals surface area contributed by atoms with Gasteiger partial charge in [-0.15, -0.1) is 0 Å². The zero-order valence-electron chi connectivity index (χ0n) is 16.9. The predicted molar refractivity (Wildman–Crippen MR) is 115 cm³/mol. The first-order valence-corrected chi connectivity index (χ1v) is 10.2. The molecule has 0 amide bonds. The number of anilines is 2. The molecule has 0 saturated carbocycles. The van der Waals surface area contributed by atoms with Gasteiger partial charge in [-0.3, -0.25) is 4.79 Å². The number of ether oxygens (including phenoxy) is 3. The molecular weight excluding hydrogens is 368 g/mol. The number of carbonyl (C=O) groups is 1. The molecule has 0 N–H and O–H groups in total. The molecule has 0 bridgehead atoms. The van der Waals surface area contributed by atoms with E-state index in [1.807, 2.05) is 42.5 Å². The van der Waals surface area contributed by atoms with Gasteiger partial charge in [-0.1, -0.05) is 18.2 Å². The summed E-state index contributed by atoms with van der Waals surface area (Å²) in [5.41, 5.74) is 2.92. The number of para-hydroxylation sites is 1. The number of nitrogens with zero attached hydrogens (tertiary/aromatic N) is 2. The maximum absolute atomic E-state index is 10.9. The van der Waals surface area contributed by atoms with Crippen LogP contribution in [0.5, 0.6) is 0 Å². The van der Waals surface area contributed by atoms with Crippen molar-refractivity contribution >= 4 is 17.7 Å². The first-order chi connectivity index (χ1) is 14.4. The lowest BCUT2D eigenvalue weighted by Gasteiger charge is -2.26. The van der Waals surface area contributed by atoms with Crippen molar-refractivity contribution in [2.24, 2.45) is 0 Å². The first-order valence-electron chi connectivity index (χ1n) is 10.2. The van der Waals surface area contributed by atoms with E-state index in [-0.39, 0.29) is 0 Å². The van der Waals surface area contributed by atoms with Crippen molar-refractivity contribution in [3.05, 3.63) is 60.2 Å². The summed E-state index contributed by atoms with van der Waals surface area (Å²) in [6, 6.07) is 18.0. The highest BCUT2D eigenvalue weighted by Crippen LogP contribution is 2.15. The zero-order chi connectivity index (χ0) is 20.2. The van der Waals surface area contributed by atoms with E-state index in [4.69, 9.17) is 14.2 Å². The Kier molecular flexibility index (Phi) is 8.97. The lowest BCUT2D eigenvalue weighted by molar-refractivity contribution is 0.0530. The smallest absolute Gasteiger partial charge is 0.150 e. The average Bonchev–Trinajstić information content (AvgIpc) is 2.79. The fraction of sp³-hybridized carbons (Fsp3) is 0.435. The third kappa shape index (κ3) is 7.16. The Morgan fingerprint density at radius 3 is 1.52 bits per heavy atom. The van der Waals surface area contributed by atoms with Gasteiger partial charge in [0.1, 0.15) is 6.29 Å². The van der Waals surface area contributed by atoms with Gasteiger partial charge in [0.25, 0.3) is 0 Å². The van der Waals surface area contributed by atoms with E-state index in [0.29, 0.717) is 45.2 Å². The Hall–Kier alpha value is -2.41. The zero-order valence-corrected chi connectivity index (χ0v) is 16.9. The minimum atomic E-state index is 0.583. The third-order valence-corrected chi connectivity index (χ3v) is 4.91. The van der Waals surface area contributed by atoms with Gasteiger partial charge < -0.3 is 24.0 Å². The Labute approximate surface area is 173 Å². The van der Waals surface area contributed by atoms with Crippen molar-refractivity contribution in [2.45, 2.75) is 0 Å². The highest BCUT2D eigenvalue weighted by Gasteiger charge is 2.10. The summed E-state index contributed by atoms with van der Waals surface area (Å²) in [6.45, 7) is 6.92. The van der Waals surface area contributed by atoms with Crippen molar-refractivity contribution in [3.8, 4) is 0 Å². The van der Waals surface area contributed by atoms with Crippen LogP contribution in [0.15, 0.2) is 54.6 Å². The fourth-order valence-electron chi connectivity index (χ4n) is 3.27. The van der Waals surface area contributed by atoms with E-state index in [9.17, 15) is 4.79 Å². The molecule has 0 atom stereocenters. The summed E-state index contributed by atoms with van der Waals surface area (Å²) in [5.74, 6) is 0. The van der Waals surface area contributed by atoms with Gasteiger partial charge in [-0.25, -0.2) is 0 Å². The highest BCUT2D eigenvalue weighted by atomic mass is 16.5. The first kappa shape index (κ1) is 21.3. The summed E-state index contributed by atoms with van der Waals surface area (Å²) in [6.07, 6.45) is 0.861. The van der Waals surface area contributed by atoms with Crippen LogP contribution >= 0.6 is 0 Å². The minimum Gasteiger partial charge on any atom is -0.378 e. The van der Waals surface area contributed by atoms with Gasteiger partial charge in [0.05, 0.1) is 39.6 Å². The molecule has 6 nitrogen and oxygen atoms in total. The molecule has 29 heavy (non-hydrogen) atoms. The van der Waals surface area contributed by atoms with E-state index in [1.54, 1.807) is 0 Å². The van der Waals surface area contributed by atoms with Gasteiger partial charge in [0.15, 0.2) is 0 Å². The van der Waals surface area contributed by atoms with E-state index in [0.717, 1.165) is 38.2 Å². The van der Waals surface area contributed by atoms with Gasteiger partial charge in [-0.05, 0) is 36.4 Å². The molecule has 6 heteroatoms. The van der Waals surface area contributed by atoms with Crippen LogP contribution < -0.4 is 9.80 Å². The lowest BCUT2D eigenvalue weighted by Crippen LogP contribution is -2.33. The minimum absolute atomic E-state index is 0.583. The number of hydrogen-bond acceptors (Lipinski definition) is 6. The summed E-state index contributed by atoms with van der Waals surface area (Å²) in [7, 11) is 0. The van der Waals surface area contributed by atoms with Crippen LogP contribution in [0.2, 0.25) is 0 Å². The number of hydrogen-bond donors (Lipinski definition) is 0. The second kappa shape index (κ2) is 12.2. The van der Waals surface area contributed by atoms with Gasteiger partial charge >= 0.3 is 0 Å². The second-order valence-corrected chi connectivity index (χ2v) is 6.86. The molecule has 0 spiro atoms. The molecular formula is C23H30N2O4. The molecule has 1 aliphatic rings. The van der Waals surface area contributed by atoms with Gasteiger partial charge in [-0.2, -0.15) is 0 Å². The van der Waals surface area contributed by atoms with Crippen molar-refractivity contribution in [1.82, 2.24) is 0 Å². The fourth-order valence-corrected chi connectivity index (χ4v) is 3.27. The molecule has 1 aliphatic heterocycles. The molecule has 0 aliphatic carbocycles. The summed E-state index contributed by atoms with van der Waals surface area (Å²) in [4.78, 5) is 15.4. The van der Waals surface area contributed by atoms with E-state index in [1.165, 1.54) is 5.69 Å². The standard InChI is InChI=1S/C23H30N2O4/c26-20-21-6-8-23(9-7-21)25-11-15-27-14-10-24(22-4-2-1-3-5-22)12-16-28-18-19-29-17-13-25/h1-9,20H,10-19H2.